The normalized spacial score (nSPS) is 24.4. The summed E-state index contributed by atoms with van der Waals surface area (Å²) in [7, 11) is 0. The molecule has 8 nitrogen and oxygen atoms in total. The molecule has 2 aliphatic rings. The predicted molar refractivity (Wildman–Crippen MR) is 125 cm³/mol. The second-order valence-electron chi connectivity index (χ2n) is 9.61. The summed E-state index contributed by atoms with van der Waals surface area (Å²) in [6.45, 7) is 11.3. The van der Waals surface area contributed by atoms with Gasteiger partial charge in [0.05, 0.1) is 5.70 Å². The van der Waals surface area contributed by atoms with Crippen LogP contribution in [0.4, 0.5) is 4.79 Å². The van der Waals surface area contributed by atoms with E-state index in [2.05, 4.69) is 9.88 Å². The molecule has 2 unspecified atom stereocenters. The summed E-state index contributed by atoms with van der Waals surface area (Å²) in [5.74, 6) is 0.409. The van der Waals surface area contributed by atoms with Crippen LogP contribution in [0.3, 0.4) is 0 Å². The number of ketones is 1. The molecule has 0 saturated carbocycles. The number of rotatable bonds is 3. The average molecular weight is 442 g/mol. The van der Waals surface area contributed by atoms with E-state index in [1.165, 1.54) is 6.08 Å². The number of likely N-dealkylation sites (N-methyl/N-ethyl adjacent to an activating group) is 1. The summed E-state index contributed by atoms with van der Waals surface area (Å²) in [5, 5.41) is 0. The fraction of sp³-hybridized carbons (Fsp3) is 0.583. The highest BCUT2D eigenvalue weighted by Crippen LogP contribution is 2.28. The summed E-state index contributed by atoms with van der Waals surface area (Å²) >= 11 is 0. The van der Waals surface area contributed by atoms with E-state index in [1.807, 2.05) is 39.8 Å². The van der Waals surface area contributed by atoms with Gasteiger partial charge in [0.15, 0.2) is 5.78 Å². The third-order valence-electron chi connectivity index (χ3n) is 5.85. The van der Waals surface area contributed by atoms with Crippen LogP contribution in [-0.2, 0) is 9.53 Å². The molecule has 3 rings (SSSR count). The largest absolute Gasteiger partial charge is 0.444 e. The van der Waals surface area contributed by atoms with E-state index in [0.29, 0.717) is 31.2 Å². The highest BCUT2D eigenvalue weighted by molar-refractivity contribution is 6.22. The van der Waals surface area contributed by atoms with Gasteiger partial charge in [-0.05, 0) is 66.0 Å². The molecule has 0 radical (unpaired) electrons. The predicted octanol–water partition coefficient (Wildman–Crippen LogP) is 3.23. The zero-order valence-corrected chi connectivity index (χ0v) is 19.8. The molecule has 1 fully saturated rings. The fourth-order valence-electron chi connectivity index (χ4n) is 4.16. The topological polar surface area (TPSA) is 101 Å². The van der Waals surface area contributed by atoms with Crippen molar-refractivity contribution in [3.05, 3.63) is 36.2 Å². The minimum Gasteiger partial charge on any atom is -0.444 e. The Bertz CT molecular complexity index is 902. The van der Waals surface area contributed by atoms with Gasteiger partial charge >= 0.3 is 6.09 Å². The number of nitrogens with two attached hydrogens (primary N) is 1. The van der Waals surface area contributed by atoms with Crippen LogP contribution >= 0.6 is 0 Å². The molecule has 1 amide bonds. The number of aliphatic imine (C=N–C) groups is 1. The lowest BCUT2D eigenvalue weighted by molar-refractivity contribution is -0.117. The number of pyridine rings is 1. The van der Waals surface area contributed by atoms with Crippen molar-refractivity contribution in [3.8, 4) is 0 Å². The zero-order chi connectivity index (χ0) is 23.5. The number of hydrogen-bond acceptors (Lipinski definition) is 7. The first-order chi connectivity index (χ1) is 15.0. The van der Waals surface area contributed by atoms with Gasteiger partial charge in [-0.15, -0.1) is 0 Å². The molecule has 0 aliphatic carbocycles. The van der Waals surface area contributed by atoms with Gasteiger partial charge in [-0.3, -0.25) is 9.78 Å². The van der Waals surface area contributed by atoms with Crippen LogP contribution in [0.5, 0.6) is 0 Å². The molecule has 8 heteroatoms. The summed E-state index contributed by atoms with van der Waals surface area (Å²) in [6, 6.07) is 3.79. The smallest absolute Gasteiger partial charge is 0.410 e. The van der Waals surface area contributed by atoms with Gasteiger partial charge in [0.2, 0.25) is 0 Å². The van der Waals surface area contributed by atoms with E-state index in [9.17, 15) is 9.59 Å². The monoisotopic (exact) mass is 441 g/mol. The van der Waals surface area contributed by atoms with Crippen LogP contribution < -0.4 is 5.73 Å². The molecule has 3 heterocycles. The number of amides is 1. The van der Waals surface area contributed by atoms with Gasteiger partial charge in [0.25, 0.3) is 0 Å². The van der Waals surface area contributed by atoms with Crippen molar-refractivity contribution in [3.63, 3.8) is 0 Å². The van der Waals surface area contributed by atoms with Crippen LogP contribution in [0, 0.1) is 0 Å². The van der Waals surface area contributed by atoms with Crippen molar-refractivity contribution in [1.82, 2.24) is 14.8 Å². The average Bonchev–Trinajstić information content (AvgIpc) is 2.97. The lowest BCUT2D eigenvalue weighted by Crippen LogP contribution is -2.61. The van der Waals surface area contributed by atoms with Gasteiger partial charge in [-0.2, -0.15) is 0 Å². The minimum absolute atomic E-state index is 0.124. The number of hydrogen-bond donors (Lipinski definition) is 1. The highest BCUT2D eigenvalue weighted by Gasteiger charge is 2.41. The van der Waals surface area contributed by atoms with E-state index in [1.54, 1.807) is 24.2 Å². The number of carbonyl (C=O) groups is 2. The second-order valence-corrected chi connectivity index (χ2v) is 9.61. The third kappa shape index (κ3) is 5.35. The fourth-order valence-corrected chi connectivity index (χ4v) is 4.16. The summed E-state index contributed by atoms with van der Waals surface area (Å²) in [4.78, 5) is 38.3. The van der Waals surface area contributed by atoms with Crippen molar-refractivity contribution in [2.75, 3.05) is 19.6 Å². The summed E-state index contributed by atoms with van der Waals surface area (Å²) < 4.78 is 5.55. The van der Waals surface area contributed by atoms with Crippen LogP contribution in [-0.4, -0.2) is 69.3 Å². The van der Waals surface area contributed by atoms with Gasteiger partial charge in [-0.1, -0.05) is 0 Å². The Kier molecular flexibility index (Phi) is 7.03. The van der Waals surface area contributed by atoms with Crippen molar-refractivity contribution in [2.45, 2.75) is 71.1 Å². The van der Waals surface area contributed by atoms with E-state index in [4.69, 9.17) is 15.5 Å². The standard InChI is InChI=1S/C24H35N5O3/c1-6-29(18-8-7-14-28(15-11-18)22(31)32-23(2,3)4)21-24(5,25)20(30)16-19(27-21)17-9-12-26-13-10-17/h9-10,12-13,16,18H,6-8,11,14-15,25H2,1-5H3. The number of ether oxygens (including phenoxy) is 1. The summed E-state index contributed by atoms with van der Waals surface area (Å²) in [6.07, 6.45) is 7.08. The maximum Gasteiger partial charge on any atom is 0.410 e. The molecule has 2 atom stereocenters. The quantitative estimate of drug-likeness (QED) is 0.773. The number of aromatic nitrogens is 1. The molecule has 1 saturated heterocycles. The Morgan fingerprint density at radius 2 is 1.97 bits per heavy atom. The van der Waals surface area contributed by atoms with Crippen molar-refractivity contribution in [1.29, 1.82) is 0 Å². The number of carbonyl (C=O) groups excluding carboxylic acids is 2. The van der Waals surface area contributed by atoms with Crippen molar-refractivity contribution < 1.29 is 14.3 Å². The molecule has 174 valence electrons. The van der Waals surface area contributed by atoms with Gasteiger partial charge in [-0.25, -0.2) is 9.79 Å². The zero-order valence-electron chi connectivity index (χ0n) is 19.8. The Labute approximate surface area is 190 Å². The number of likely N-dealkylation sites (tertiary alicyclic amines) is 1. The first-order valence-corrected chi connectivity index (χ1v) is 11.3. The lowest BCUT2D eigenvalue weighted by atomic mass is 9.89. The van der Waals surface area contributed by atoms with E-state index in [0.717, 1.165) is 24.8 Å². The minimum atomic E-state index is -1.20. The van der Waals surface area contributed by atoms with Gasteiger partial charge in [0.1, 0.15) is 17.0 Å². The van der Waals surface area contributed by atoms with Crippen LogP contribution in [0.1, 0.15) is 59.4 Å². The molecule has 2 aliphatic heterocycles. The van der Waals surface area contributed by atoms with E-state index < -0.39 is 11.1 Å². The molecule has 1 aromatic rings. The Morgan fingerprint density at radius 3 is 2.59 bits per heavy atom. The van der Waals surface area contributed by atoms with E-state index in [-0.39, 0.29) is 17.9 Å². The molecule has 0 bridgehead atoms. The molecule has 2 N–H and O–H groups in total. The van der Waals surface area contributed by atoms with Crippen LogP contribution in [0.25, 0.3) is 5.70 Å². The maximum atomic E-state index is 13.0. The second kappa shape index (κ2) is 9.40. The SMILES string of the molecule is CCN(C1=NC(c2ccncc2)=CC(=O)C1(C)N)C1CCCN(C(=O)OC(C)(C)C)CC1. The van der Waals surface area contributed by atoms with Gasteiger partial charge in [0, 0.05) is 49.7 Å². The summed E-state index contributed by atoms with van der Waals surface area (Å²) in [5.41, 5.74) is 6.21. The molecule has 0 spiro atoms. The first-order valence-electron chi connectivity index (χ1n) is 11.3. The van der Waals surface area contributed by atoms with Crippen molar-refractivity contribution in [2.24, 2.45) is 10.7 Å². The van der Waals surface area contributed by atoms with Crippen molar-refractivity contribution >= 4 is 23.4 Å². The first kappa shape index (κ1) is 23.9. The molecule has 1 aromatic heterocycles. The lowest BCUT2D eigenvalue weighted by Gasteiger charge is -2.40. The van der Waals surface area contributed by atoms with Crippen LogP contribution in [0.2, 0.25) is 0 Å². The Hall–Kier alpha value is -2.74. The Balaban J connectivity index is 1.83. The maximum absolute atomic E-state index is 13.0. The van der Waals surface area contributed by atoms with Gasteiger partial charge < -0.3 is 20.3 Å². The molecular weight excluding hydrogens is 406 g/mol. The molecule has 0 aromatic carbocycles. The molecular formula is C24H35N5O3. The number of amidine groups is 1. The van der Waals surface area contributed by atoms with E-state index >= 15 is 0 Å². The third-order valence-corrected chi connectivity index (χ3v) is 5.85. The number of nitrogens with zero attached hydrogens (tertiary/aromatic N) is 4. The Morgan fingerprint density at radius 1 is 1.28 bits per heavy atom. The molecule has 32 heavy (non-hydrogen) atoms. The van der Waals surface area contributed by atoms with Crippen LogP contribution in [0.15, 0.2) is 35.6 Å². The highest BCUT2D eigenvalue weighted by atomic mass is 16.6.